The Balaban J connectivity index is 1.59. The fraction of sp³-hybridized carbons (Fsp3) is 0. The molecule has 0 bridgehead atoms. The van der Waals surface area contributed by atoms with Crippen LogP contribution in [0, 0.1) is 0 Å². The van der Waals surface area contributed by atoms with E-state index >= 15 is 0 Å². The number of hydrogen-bond donors (Lipinski definition) is 0. The van der Waals surface area contributed by atoms with Crippen LogP contribution in [0.3, 0.4) is 0 Å². The first kappa shape index (κ1) is 10.6. The van der Waals surface area contributed by atoms with Crippen LogP contribution in [-0.2, 0) is 0 Å². The maximum atomic E-state index is 9.47. The van der Waals surface area contributed by atoms with E-state index in [0.717, 1.165) is 0 Å². The van der Waals surface area contributed by atoms with Gasteiger partial charge in [-0.1, -0.05) is 139 Å². The zero-order valence-electron chi connectivity index (χ0n) is 44.6. The van der Waals surface area contributed by atoms with E-state index in [0.29, 0.717) is 0 Å². The molecule has 0 unspecified atom stereocenters. The molecule has 8 aromatic carbocycles. The topological polar surface area (TPSA) is 13.1 Å². The van der Waals surface area contributed by atoms with E-state index in [9.17, 15) is 12.3 Å². The molecule has 1 aromatic heterocycles. The lowest BCUT2D eigenvalue weighted by molar-refractivity contribution is 0.669. The van der Waals surface area contributed by atoms with Gasteiger partial charge in [0.25, 0.3) is 0 Å². The molecule has 0 spiro atoms. The Hall–Kier alpha value is -5.66. The third kappa shape index (κ3) is 3.65. The fourth-order valence-corrected chi connectivity index (χ4v) is 5.49. The van der Waals surface area contributed by atoms with E-state index in [2.05, 4.69) is 0 Å². The number of furan rings is 1. The van der Waals surface area contributed by atoms with Gasteiger partial charge >= 0.3 is 0 Å². The monoisotopic (exact) mass is 569 g/mol. The highest BCUT2D eigenvalue weighted by molar-refractivity contribution is 6.24. The SMILES string of the molecule is [2H]c1c([2H])c([2H])c(-c2c3c([2H])c([2H])c([2H])c([2H])c3c(-c3c([2H])c([2H])c([2H])c4c(-c5ccc6oc7c([2H])c([2H])c([2H])c([2H])c7c6c5)c([2H])c([2H])c([2H])c34)c3c([2H])c([2H])c([2H])c([2H])c23)c([2H])c1[2H]. The molecule has 0 atom stereocenters. The summed E-state index contributed by atoms with van der Waals surface area (Å²) in [6.07, 6.45) is 0. The van der Waals surface area contributed by atoms with E-state index in [-0.39, 0.29) is 33.1 Å². The molecule has 9 aromatic rings. The molecule has 0 saturated carbocycles. The van der Waals surface area contributed by atoms with Gasteiger partial charge in [-0.15, -0.1) is 0 Å². The van der Waals surface area contributed by atoms with Crippen molar-refractivity contribution in [3.8, 4) is 33.4 Å². The van der Waals surface area contributed by atoms with Crippen molar-refractivity contribution in [1.29, 1.82) is 0 Å². The van der Waals surface area contributed by atoms with Crippen molar-refractivity contribution in [3.63, 3.8) is 0 Å². The Kier molecular flexibility index (Phi) is 2.32. The Morgan fingerprint density at radius 2 is 0.884 bits per heavy atom. The summed E-state index contributed by atoms with van der Waals surface area (Å²) in [4.78, 5) is 0. The standard InChI is InChI=1S/C42H26O/c1-2-12-27(13-3-1)41-34-15-4-6-17-36(34)42(37-18-7-5-16-35(37)41)33-22-11-20-30-29(19-10-21-31(30)33)28-24-25-40-38(26-28)32-14-8-9-23-39(32)43-40/h1-26H/i1D,2D,3D,4D,5D,6D,7D,8D,9D,10D,11D,12D,13D,14D,15D,16D,17D,18D,19D,20D,21D,22D,23D. The van der Waals surface area contributed by atoms with Crippen LogP contribution < -0.4 is 0 Å². The summed E-state index contributed by atoms with van der Waals surface area (Å²) in [5.41, 5.74) is -2.94. The molecule has 1 heteroatoms. The van der Waals surface area contributed by atoms with Crippen molar-refractivity contribution in [1.82, 2.24) is 0 Å². The van der Waals surface area contributed by atoms with E-state index < -0.39 is 194 Å². The highest BCUT2D eigenvalue weighted by Crippen LogP contribution is 2.46. The largest absolute Gasteiger partial charge is 0.456 e. The van der Waals surface area contributed by atoms with E-state index in [1.54, 1.807) is 0 Å². The highest BCUT2D eigenvalue weighted by Gasteiger charge is 2.18. The van der Waals surface area contributed by atoms with Gasteiger partial charge in [0, 0.05) is 10.8 Å². The normalized spacial score (nSPS) is 19.2. The predicted octanol–water partition coefficient (Wildman–Crippen LogP) is 12.0. The highest BCUT2D eigenvalue weighted by atomic mass is 16.3. The maximum absolute atomic E-state index is 9.47. The molecule has 0 aliphatic rings. The smallest absolute Gasteiger partial charge is 0.135 e. The summed E-state index contributed by atoms with van der Waals surface area (Å²) in [6.45, 7) is 0. The molecule has 43 heavy (non-hydrogen) atoms. The van der Waals surface area contributed by atoms with Gasteiger partial charge in [0.1, 0.15) is 11.2 Å². The molecule has 1 nitrogen and oxygen atoms in total. The molecule has 0 aliphatic heterocycles. The van der Waals surface area contributed by atoms with E-state index in [4.69, 9.17) is 23.6 Å². The molecule has 1 heterocycles. The molecule has 0 fully saturated rings. The molecule has 0 saturated heterocycles. The van der Waals surface area contributed by atoms with Crippen LogP contribution in [0.15, 0.2) is 162 Å². The molecule has 0 radical (unpaired) electrons. The number of para-hydroxylation sites is 1. The average molecular weight is 570 g/mol. The third-order valence-corrected chi connectivity index (χ3v) is 7.28. The number of fused-ring (bicyclic) bond motifs is 6. The van der Waals surface area contributed by atoms with Crippen LogP contribution in [0.2, 0.25) is 0 Å². The second-order valence-corrected chi connectivity index (χ2v) is 9.52. The van der Waals surface area contributed by atoms with Crippen LogP contribution in [-0.4, -0.2) is 0 Å². The van der Waals surface area contributed by atoms with Gasteiger partial charge in [-0.3, -0.25) is 0 Å². The zero-order chi connectivity index (χ0) is 48.3. The quantitative estimate of drug-likeness (QED) is 0.193. The summed E-state index contributed by atoms with van der Waals surface area (Å²) in [7, 11) is 0. The Morgan fingerprint density at radius 1 is 0.349 bits per heavy atom. The van der Waals surface area contributed by atoms with Crippen LogP contribution in [0.4, 0.5) is 0 Å². The van der Waals surface area contributed by atoms with E-state index in [1.807, 2.05) is 0 Å². The minimum Gasteiger partial charge on any atom is -0.456 e. The minimum absolute atomic E-state index is 0.00720. The summed E-state index contributed by atoms with van der Waals surface area (Å²) in [6, 6.07) is -14.5. The van der Waals surface area contributed by atoms with Crippen molar-refractivity contribution in [2.45, 2.75) is 0 Å². The Morgan fingerprint density at radius 3 is 1.58 bits per heavy atom. The Labute approximate surface area is 281 Å². The van der Waals surface area contributed by atoms with Gasteiger partial charge in [-0.05, 0) is 83.9 Å². The van der Waals surface area contributed by atoms with Crippen LogP contribution in [0.5, 0.6) is 0 Å². The molecule has 0 aliphatic carbocycles. The molecule has 9 rings (SSSR count). The van der Waals surface area contributed by atoms with Crippen molar-refractivity contribution < 1.29 is 35.9 Å². The van der Waals surface area contributed by atoms with Crippen molar-refractivity contribution in [3.05, 3.63) is 157 Å². The zero-order valence-corrected chi connectivity index (χ0v) is 21.6. The van der Waals surface area contributed by atoms with Gasteiger partial charge in [0.15, 0.2) is 0 Å². The molecular formula is C42H26O. The second-order valence-electron chi connectivity index (χ2n) is 9.52. The molecular weight excluding hydrogens is 520 g/mol. The lowest BCUT2D eigenvalue weighted by Crippen LogP contribution is -1.92. The summed E-state index contributed by atoms with van der Waals surface area (Å²) in [5, 5.41) is -3.40. The summed E-state index contributed by atoms with van der Waals surface area (Å²) >= 11 is 0. The number of benzene rings is 8. The first-order chi connectivity index (χ1) is 30.9. The first-order valence-electron chi connectivity index (χ1n) is 24.4. The van der Waals surface area contributed by atoms with Gasteiger partial charge in [-0.25, -0.2) is 0 Å². The van der Waals surface area contributed by atoms with Crippen molar-refractivity contribution in [2.24, 2.45) is 0 Å². The lowest BCUT2D eigenvalue weighted by Gasteiger charge is -2.19. The van der Waals surface area contributed by atoms with E-state index in [1.165, 1.54) is 18.2 Å². The second kappa shape index (κ2) is 9.44. The lowest BCUT2D eigenvalue weighted by atomic mass is 9.84. The predicted molar refractivity (Wildman–Crippen MR) is 183 cm³/mol. The van der Waals surface area contributed by atoms with Crippen LogP contribution in [0.1, 0.15) is 31.5 Å². The number of hydrogen-bond acceptors (Lipinski definition) is 1. The summed E-state index contributed by atoms with van der Waals surface area (Å²) < 4.78 is 210. The maximum Gasteiger partial charge on any atom is 0.135 e. The molecule has 0 N–H and O–H groups in total. The fourth-order valence-electron chi connectivity index (χ4n) is 5.49. The molecule has 200 valence electrons. The van der Waals surface area contributed by atoms with Crippen molar-refractivity contribution in [2.75, 3.05) is 0 Å². The average Bonchev–Trinajstić information content (AvgIpc) is 3.69. The van der Waals surface area contributed by atoms with Crippen LogP contribution >= 0.6 is 0 Å². The summed E-state index contributed by atoms with van der Waals surface area (Å²) in [5.74, 6) is 0. The van der Waals surface area contributed by atoms with Gasteiger partial charge in [0.05, 0.1) is 31.5 Å². The molecule has 0 amide bonds. The van der Waals surface area contributed by atoms with Gasteiger partial charge in [-0.2, -0.15) is 0 Å². The van der Waals surface area contributed by atoms with Gasteiger partial charge in [0.2, 0.25) is 0 Å². The Bertz CT molecular complexity index is 3690. The minimum atomic E-state index is -0.917. The van der Waals surface area contributed by atoms with Crippen LogP contribution in [0.25, 0.3) is 87.6 Å². The first-order valence-corrected chi connectivity index (χ1v) is 12.9. The van der Waals surface area contributed by atoms with Crippen molar-refractivity contribution >= 4 is 54.3 Å². The third-order valence-electron chi connectivity index (χ3n) is 7.28. The number of rotatable bonds is 3. The van der Waals surface area contributed by atoms with Gasteiger partial charge < -0.3 is 4.42 Å².